The quantitative estimate of drug-likeness (QED) is 0.819. The Labute approximate surface area is 125 Å². The zero-order chi connectivity index (χ0) is 14.1. The standard InChI is InChI=1S/C14H24N4OS/c1-2-16(11-5-3-4-6-11)10-17-14(20)18(12-7-8-12)13(9-19)15-17/h11-12,19H,2-10H2,1H3. The molecular weight excluding hydrogens is 272 g/mol. The van der Waals surface area contributed by atoms with E-state index in [2.05, 4.69) is 21.5 Å². The lowest BCUT2D eigenvalue weighted by Gasteiger charge is -2.26. The lowest BCUT2D eigenvalue weighted by atomic mass is 10.2. The Kier molecular flexibility index (Phi) is 4.23. The highest BCUT2D eigenvalue weighted by atomic mass is 32.1. The van der Waals surface area contributed by atoms with Crippen LogP contribution in [0, 0.1) is 4.77 Å². The molecule has 112 valence electrons. The number of aromatic nitrogens is 3. The van der Waals surface area contributed by atoms with Crippen molar-refractivity contribution in [3.8, 4) is 0 Å². The molecule has 5 nitrogen and oxygen atoms in total. The summed E-state index contributed by atoms with van der Waals surface area (Å²) >= 11 is 5.56. The van der Waals surface area contributed by atoms with Crippen LogP contribution in [0.4, 0.5) is 0 Å². The van der Waals surface area contributed by atoms with Gasteiger partial charge in [0.2, 0.25) is 0 Å². The maximum absolute atomic E-state index is 9.48. The van der Waals surface area contributed by atoms with E-state index in [-0.39, 0.29) is 6.61 Å². The molecule has 1 heterocycles. The minimum atomic E-state index is -0.0251. The van der Waals surface area contributed by atoms with Crippen molar-refractivity contribution in [3.63, 3.8) is 0 Å². The fourth-order valence-electron chi connectivity index (χ4n) is 3.28. The van der Waals surface area contributed by atoms with Gasteiger partial charge in [0.1, 0.15) is 6.61 Å². The van der Waals surface area contributed by atoms with E-state index in [1.165, 1.54) is 25.7 Å². The van der Waals surface area contributed by atoms with Crippen LogP contribution < -0.4 is 0 Å². The molecule has 0 bridgehead atoms. The largest absolute Gasteiger partial charge is 0.388 e. The van der Waals surface area contributed by atoms with Crippen LogP contribution in [0.3, 0.4) is 0 Å². The second-order valence-electron chi connectivity index (χ2n) is 5.94. The number of aliphatic hydroxyl groups is 1. The minimum Gasteiger partial charge on any atom is -0.388 e. The summed E-state index contributed by atoms with van der Waals surface area (Å²) < 4.78 is 4.73. The first-order valence-corrected chi connectivity index (χ1v) is 8.18. The summed E-state index contributed by atoms with van der Waals surface area (Å²) in [5, 5.41) is 14.0. The monoisotopic (exact) mass is 296 g/mol. The van der Waals surface area contributed by atoms with Crippen molar-refractivity contribution < 1.29 is 5.11 Å². The normalized spacial score (nSPS) is 20.1. The van der Waals surface area contributed by atoms with Gasteiger partial charge in [-0.15, -0.1) is 0 Å². The SMILES string of the molecule is CCN(Cn1nc(CO)n(C2CC2)c1=S)C1CCCC1. The third-order valence-corrected chi connectivity index (χ3v) is 4.96. The van der Waals surface area contributed by atoms with Crippen LogP contribution in [-0.4, -0.2) is 36.9 Å². The molecular formula is C14H24N4OS. The van der Waals surface area contributed by atoms with Crippen molar-refractivity contribution in [3.05, 3.63) is 10.6 Å². The summed E-state index contributed by atoms with van der Waals surface area (Å²) in [6.07, 6.45) is 7.57. The molecule has 1 aromatic rings. The maximum atomic E-state index is 9.48. The predicted molar refractivity (Wildman–Crippen MR) is 79.9 cm³/mol. The Morgan fingerprint density at radius 1 is 1.30 bits per heavy atom. The van der Waals surface area contributed by atoms with Gasteiger partial charge in [0, 0.05) is 12.1 Å². The van der Waals surface area contributed by atoms with Crippen molar-refractivity contribution in [2.75, 3.05) is 6.54 Å². The Morgan fingerprint density at radius 2 is 2.00 bits per heavy atom. The van der Waals surface area contributed by atoms with Gasteiger partial charge in [-0.2, -0.15) is 5.10 Å². The van der Waals surface area contributed by atoms with Crippen LogP contribution in [-0.2, 0) is 13.3 Å². The number of hydrogen-bond donors (Lipinski definition) is 1. The summed E-state index contributed by atoms with van der Waals surface area (Å²) in [7, 11) is 0. The van der Waals surface area contributed by atoms with Crippen LogP contribution in [0.1, 0.15) is 57.3 Å². The van der Waals surface area contributed by atoms with E-state index in [1.807, 2.05) is 4.68 Å². The van der Waals surface area contributed by atoms with Gasteiger partial charge in [-0.05, 0) is 44.4 Å². The van der Waals surface area contributed by atoms with Gasteiger partial charge in [0.25, 0.3) is 0 Å². The van der Waals surface area contributed by atoms with E-state index in [9.17, 15) is 5.11 Å². The molecule has 1 aromatic heterocycles. The molecule has 0 radical (unpaired) electrons. The molecule has 3 rings (SSSR count). The molecule has 2 saturated carbocycles. The van der Waals surface area contributed by atoms with Crippen LogP contribution >= 0.6 is 12.2 Å². The summed E-state index contributed by atoms with van der Waals surface area (Å²) in [4.78, 5) is 2.47. The van der Waals surface area contributed by atoms with Crippen LogP contribution in [0.2, 0.25) is 0 Å². The molecule has 0 aliphatic heterocycles. The highest BCUT2D eigenvalue weighted by Crippen LogP contribution is 2.36. The highest BCUT2D eigenvalue weighted by Gasteiger charge is 2.29. The lowest BCUT2D eigenvalue weighted by Crippen LogP contribution is -2.35. The minimum absolute atomic E-state index is 0.0251. The topological polar surface area (TPSA) is 46.2 Å². The van der Waals surface area contributed by atoms with Gasteiger partial charge < -0.3 is 5.11 Å². The van der Waals surface area contributed by atoms with Gasteiger partial charge in [0.15, 0.2) is 10.6 Å². The van der Waals surface area contributed by atoms with E-state index in [4.69, 9.17) is 12.2 Å². The van der Waals surface area contributed by atoms with Crippen LogP contribution in [0.5, 0.6) is 0 Å². The molecule has 0 atom stereocenters. The molecule has 20 heavy (non-hydrogen) atoms. The Balaban J connectivity index is 1.80. The Bertz CT molecular complexity index is 514. The van der Waals surface area contributed by atoms with Gasteiger partial charge in [-0.1, -0.05) is 19.8 Å². The smallest absolute Gasteiger partial charge is 0.199 e. The van der Waals surface area contributed by atoms with Crippen molar-refractivity contribution >= 4 is 12.2 Å². The fourth-order valence-corrected chi connectivity index (χ4v) is 3.63. The summed E-state index contributed by atoms with van der Waals surface area (Å²) in [5.41, 5.74) is 0. The molecule has 0 amide bonds. The zero-order valence-corrected chi connectivity index (χ0v) is 13.0. The van der Waals surface area contributed by atoms with Gasteiger partial charge in [-0.25, -0.2) is 4.68 Å². The summed E-state index contributed by atoms with van der Waals surface area (Å²) in [6, 6.07) is 1.14. The molecule has 1 N–H and O–H groups in total. The predicted octanol–water partition coefficient (Wildman–Crippen LogP) is 2.46. The molecule has 0 saturated heterocycles. The second kappa shape index (κ2) is 5.95. The maximum Gasteiger partial charge on any atom is 0.199 e. The van der Waals surface area contributed by atoms with Crippen molar-refractivity contribution in [1.29, 1.82) is 0 Å². The average molecular weight is 296 g/mol. The zero-order valence-electron chi connectivity index (χ0n) is 12.2. The third kappa shape index (κ3) is 2.69. The van der Waals surface area contributed by atoms with E-state index >= 15 is 0 Å². The molecule has 2 fully saturated rings. The molecule has 2 aliphatic rings. The number of aliphatic hydroxyl groups excluding tert-OH is 1. The fraction of sp³-hybridized carbons (Fsp3) is 0.857. The van der Waals surface area contributed by atoms with E-state index in [0.29, 0.717) is 12.1 Å². The molecule has 0 aromatic carbocycles. The highest BCUT2D eigenvalue weighted by molar-refractivity contribution is 7.71. The van der Waals surface area contributed by atoms with Crippen molar-refractivity contribution in [2.24, 2.45) is 0 Å². The Hall–Kier alpha value is -0.720. The first-order valence-electron chi connectivity index (χ1n) is 7.77. The van der Waals surface area contributed by atoms with Crippen LogP contribution in [0.15, 0.2) is 0 Å². The summed E-state index contributed by atoms with van der Waals surface area (Å²) in [6.45, 7) is 3.96. The number of nitrogens with zero attached hydrogens (tertiary/aromatic N) is 4. The average Bonchev–Trinajstić information content (AvgIpc) is 3.04. The number of rotatable bonds is 6. The van der Waals surface area contributed by atoms with Crippen molar-refractivity contribution in [1.82, 2.24) is 19.2 Å². The van der Waals surface area contributed by atoms with E-state index < -0.39 is 0 Å². The second-order valence-corrected chi connectivity index (χ2v) is 6.31. The lowest BCUT2D eigenvalue weighted by molar-refractivity contribution is 0.151. The molecule has 2 aliphatic carbocycles. The Morgan fingerprint density at radius 3 is 2.55 bits per heavy atom. The molecule has 0 spiro atoms. The first-order chi connectivity index (χ1) is 9.74. The van der Waals surface area contributed by atoms with Gasteiger partial charge in [0.05, 0.1) is 6.67 Å². The van der Waals surface area contributed by atoms with E-state index in [1.54, 1.807) is 0 Å². The molecule has 6 heteroatoms. The van der Waals surface area contributed by atoms with Crippen LogP contribution in [0.25, 0.3) is 0 Å². The van der Waals surface area contributed by atoms with Gasteiger partial charge >= 0.3 is 0 Å². The van der Waals surface area contributed by atoms with Crippen molar-refractivity contribution in [2.45, 2.75) is 70.8 Å². The van der Waals surface area contributed by atoms with Gasteiger partial charge in [-0.3, -0.25) is 9.47 Å². The first kappa shape index (κ1) is 14.2. The summed E-state index contributed by atoms with van der Waals surface area (Å²) in [5.74, 6) is 0.722. The third-order valence-electron chi connectivity index (χ3n) is 4.56. The number of hydrogen-bond acceptors (Lipinski definition) is 4. The molecule has 0 unspecified atom stereocenters. The van der Waals surface area contributed by atoms with E-state index in [0.717, 1.165) is 36.7 Å².